The monoisotopic (exact) mass is 422 g/mol. The van der Waals surface area contributed by atoms with Gasteiger partial charge in [0, 0.05) is 22.8 Å². The van der Waals surface area contributed by atoms with Crippen LogP contribution in [0.1, 0.15) is 56.7 Å². The molecule has 2 aromatic rings. The van der Waals surface area contributed by atoms with Gasteiger partial charge in [-0.1, -0.05) is 25.5 Å². The molecule has 0 saturated heterocycles. The first-order valence-electron chi connectivity index (χ1n) is 9.55. The first kappa shape index (κ1) is 22.6. The lowest BCUT2D eigenvalue weighted by Gasteiger charge is -2.40. The molecule has 1 N–H and O–H groups in total. The molecule has 154 valence electrons. The van der Waals surface area contributed by atoms with E-state index < -0.39 is 17.4 Å². The highest BCUT2D eigenvalue weighted by Gasteiger charge is 2.39. The molecule has 0 spiro atoms. The molecule has 0 radical (unpaired) electrons. The molecule has 0 aliphatic heterocycles. The minimum atomic E-state index is -1.12. The van der Waals surface area contributed by atoms with Crippen molar-refractivity contribution in [3.05, 3.63) is 44.8 Å². The van der Waals surface area contributed by atoms with Crippen LogP contribution in [0.2, 0.25) is 0 Å². The number of thiophene rings is 2. The van der Waals surface area contributed by atoms with Crippen molar-refractivity contribution in [2.24, 2.45) is 0 Å². The second-order valence-electron chi connectivity index (χ2n) is 7.79. The van der Waals surface area contributed by atoms with E-state index in [1.165, 1.54) is 0 Å². The molecule has 0 saturated carbocycles. The summed E-state index contributed by atoms with van der Waals surface area (Å²) in [5.74, 6) is 0. The van der Waals surface area contributed by atoms with Gasteiger partial charge < -0.3 is 4.74 Å². The van der Waals surface area contributed by atoms with E-state index in [0.29, 0.717) is 19.5 Å². The van der Waals surface area contributed by atoms with Gasteiger partial charge >= 0.3 is 6.09 Å². The van der Waals surface area contributed by atoms with E-state index in [2.05, 4.69) is 29.3 Å². The smallest absolute Gasteiger partial charge is 0.409 e. The average molecular weight is 423 g/mol. The first-order chi connectivity index (χ1) is 13.3. The number of unbranched alkanes of at least 4 members (excludes halogenated alkanes) is 1. The third-order valence-corrected chi connectivity index (χ3v) is 5.96. The molecular formula is C21H30N2O3S2. The van der Waals surface area contributed by atoms with E-state index in [1.54, 1.807) is 22.7 Å². The van der Waals surface area contributed by atoms with Gasteiger partial charge in [-0.15, -0.1) is 22.7 Å². The van der Waals surface area contributed by atoms with Gasteiger partial charge in [0.25, 0.3) is 0 Å². The Morgan fingerprint density at radius 3 is 2.11 bits per heavy atom. The van der Waals surface area contributed by atoms with E-state index in [-0.39, 0.29) is 0 Å². The standard InChI is InChI=1S/C21H30N2O3S2/c1-5-6-11-21(16-24,22-19(25)26-20(2,3)4)23(14-17-9-7-12-27-17)15-18-10-8-13-28-18/h7-10,12-13,16H,5-6,11,14-15H2,1-4H3,(H,22,25)/t21-/m0/s1. The summed E-state index contributed by atoms with van der Waals surface area (Å²) in [6.07, 6.45) is 2.58. The number of nitrogens with zero attached hydrogens (tertiary/aromatic N) is 1. The van der Waals surface area contributed by atoms with Crippen molar-refractivity contribution in [1.29, 1.82) is 0 Å². The van der Waals surface area contributed by atoms with Crippen molar-refractivity contribution in [2.45, 2.75) is 71.3 Å². The fraction of sp³-hybridized carbons (Fsp3) is 0.524. The Labute approximate surface area is 175 Å². The fourth-order valence-corrected chi connectivity index (χ4v) is 4.35. The minimum absolute atomic E-state index is 0.531. The maximum atomic E-state index is 12.6. The number of ether oxygens (including phenoxy) is 1. The molecule has 0 aromatic carbocycles. The summed E-state index contributed by atoms with van der Waals surface area (Å²) < 4.78 is 5.47. The van der Waals surface area contributed by atoms with Crippen LogP contribution in [-0.2, 0) is 22.6 Å². The Hall–Kier alpha value is -1.70. The van der Waals surface area contributed by atoms with Gasteiger partial charge in [-0.05, 0) is 56.5 Å². The molecule has 1 atom stereocenters. The maximum Gasteiger partial charge on any atom is 0.409 e. The molecule has 0 aliphatic carbocycles. The topological polar surface area (TPSA) is 58.6 Å². The third kappa shape index (κ3) is 6.72. The van der Waals surface area contributed by atoms with Gasteiger partial charge in [0.05, 0.1) is 0 Å². The Kier molecular flexibility index (Phi) is 8.22. The zero-order valence-electron chi connectivity index (χ0n) is 17.1. The minimum Gasteiger partial charge on any atom is -0.444 e. The SMILES string of the molecule is CCCC[C@](C=O)(NC(=O)OC(C)(C)C)N(Cc1cccs1)Cc1cccs1. The summed E-state index contributed by atoms with van der Waals surface area (Å²) in [7, 11) is 0. The quantitative estimate of drug-likeness (QED) is 0.410. The van der Waals surface area contributed by atoms with Crippen LogP contribution >= 0.6 is 22.7 Å². The number of aldehydes is 1. The fourth-order valence-electron chi connectivity index (χ4n) is 2.91. The van der Waals surface area contributed by atoms with Crippen molar-refractivity contribution in [3.8, 4) is 0 Å². The zero-order valence-corrected chi connectivity index (χ0v) is 18.7. The number of hydrogen-bond acceptors (Lipinski definition) is 6. The van der Waals surface area contributed by atoms with Crippen molar-refractivity contribution in [3.63, 3.8) is 0 Å². The van der Waals surface area contributed by atoms with E-state index in [9.17, 15) is 9.59 Å². The van der Waals surface area contributed by atoms with Crippen molar-refractivity contribution < 1.29 is 14.3 Å². The van der Waals surface area contributed by atoms with Crippen LogP contribution in [0.3, 0.4) is 0 Å². The normalized spacial score (nSPS) is 13.9. The van der Waals surface area contributed by atoms with Gasteiger partial charge in [0.2, 0.25) is 0 Å². The lowest BCUT2D eigenvalue weighted by molar-refractivity contribution is -0.123. The molecular weight excluding hydrogens is 392 g/mol. The summed E-state index contributed by atoms with van der Waals surface area (Å²) >= 11 is 3.29. The predicted octanol–water partition coefficient (Wildman–Crippen LogP) is 5.42. The number of nitrogens with one attached hydrogen (secondary N) is 1. The number of carbonyl (C=O) groups is 2. The Balaban J connectivity index is 2.34. The number of amides is 1. The zero-order chi connectivity index (χ0) is 20.6. The predicted molar refractivity (Wildman–Crippen MR) is 116 cm³/mol. The lowest BCUT2D eigenvalue weighted by atomic mass is 10.0. The summed E-state index contributed by atoms with van der Waals surface area (Å²) in [6, 6.07) is 8.10. The molecule has 2 rings (SSSR count). The summed E-state index contributed by atoms with van der Waals surface area (Å²) in [4.78, 5) is 29.4. The highest BCUT2D eigenvalue weighted by atomic mass is 32.1. The molecule has 1 amide bonds. The van der Waals surface area contributed by atoms with Crippen LogP contribution in [0.5, 0.6) is 0 Å². The van der Waals surface area contributed by atoms with Crippen molar-refractivity contribution in [2.75, 3.05) is 0 Å². The van der Waals surface area contributed by atoms with E-state index in [4.69, 9.17) is 4.74 Å². The molecule has 0 bridgehead atoms. The molecule has 2 heterocycles. The Morgan fingerprint density at radius 1 is 1.14 bits per heavy atom. The van der Waals surface area contributed by atoms with E-state index in [0.717, 1.165) is 28.9 Å². The van der Waals surface area contributed by atoms with Crippen LogP contribution in [0.15, 0.2) is 35.0 Å². The second kappa shape index (κ2) is 10.2. The van der Waals surface area contributed by atoms with Crippen LogP contribution in [0.4, 0.5) is 4.79 Å². The van der Waals surface area contributed by atoms with Crippen LogP contribution in [-0.4, -0.2) is 28.5 Å². The summed E-state index contributed by atoms with van der Waals surface area (Å²) in [6.45, 7) is 8.68. The third-order valence-electron chi connectivity index (χ3n) is 4.24. The Morgan fingerprint density at radius 2 is 1.71 bits per heavy atom. The molecule has 7 heteroatoms. The van der Waals surface area contributed by atoms with Gasteiger partial charge in [0.15, 0.2) is 11.9 Å². The molecule has 2 aromatic heterocycles. The van der Waals surface area contributed by atoms with Gasteiger partial charge in [-0.2, -0.15) is 0 Å². The number of hydrogen-bond donors (Lipinski definition) is 1. The number of rotatable bonds is 10. The molecule has 0 unspecified atom stereocenters. The Bertz CT molecular complexity index is 687. The van der Waals surface area contributed by atoms with Gasteiger partial charge in [-0.3, -0.25) is 15.0 Å². The van der Waals surface area contributed by atoms with Crippen LogP contribution < -0.4 is 5.32 Å². The van der Waals surface area contributed by atoms with Crippen molar-refractivity contribution >= 4 is 35.1 Å². The molecule has 0 fully saturated rings. The van der Waals surface area contributed by atoms with Crippen LogP contribution in [0.25, 0.3) is 0 Å². The van der Waals surface area contributed by atoms with E-state index in [1.807, 2.05) is 43.7 Å². The summed E-state index contributed by atoms with van der Waals surface area (Å²) in [5.41, 5.74) is -1.75. The van der Waals surface area contributed by atoms with Gasteiger partial charge in [0.1, 0.15) is 5.60 Å². The van der Waals surface area contributed by atoms with Crippen LogP contribution in [0, 0.1) is 0 Å². The van der Waals surface area contributed by atoms with E-state index >= 15 is 0 Å². The highest BCUT2D eigenvalue weighted by Crippen LogP contribution is 2.27. The summed E-state index contributed by atoms with van der Waals surface area (Å²) in [5, 5.41) is 6.95. The maximum absolute atomic E-state index is 12.6. The molecule has 28 heavy (non-hydrogen) atoms. The highest BCUT2D eigenvalue weighted by molar-refractivity contribution is 7.10. The van der Waals surface area contributed by atoms with Crippen molar-refractivity contribution in [1.82, 2.24) is 10.2 Å². The first-order valence-corrected chi connectivity index (χ1v) is 11.3. The largest absolute Gasteiger partial charge is 0.444 e. The molecule has 0 aliphatic rings. The lowest BCUT2D eigenvalue weighted by Crippen LogP contribution is -2.61. The number of carbonyl (C=O) groups excluding carboxylic acids is 2. The average Bonchev–Trinajstić information content (AvgIpc) is 3.30. The molecule has 5 nitrogen and oxygen atoms in total. The number of alkyl carbamates (subject to hydrolysis) is 1. The van der Waals surface area contributed by atoms with Gasteiger partial charge in [-0.25, -0.2) is 4.79 Å². The second-order valence-corrected chi connectivity index (χ2v) is 9.85.